The number of carbonyl (C=O) groups is 2. The molecule has 3 aromatic rings. The van der Waals surface area contributed by atoms with Crippen LogP contribution < -0.4 is 5.32 Å². The molecular weight excluding hydrogens is 298 g/mol. The first-order valence-corrected chi connectivity index (χ1v) is 6.84. The Balaban J connectivity index is 1.62. The van der Waals surface area contributed by atoms with Crippen molar-refractivity contribution in [1.29, 1.82) is 0 Å². The fourth-order valence-electron chi connectivity index (χ4n) is 1.93. The third kappa shape index (κ3) is 3.49. The number of aromatic nitrogens is 4. The van der Waals surface area contributed by atoms with Gasteiger partial charge in [-0.15, -0.1) is 10.2 Å². The van der Waals surface area contributed by atoms with Crippen molar-refractivity contribution in [3.05, 3.63) is 48.2 Å². The summed E-state index contributed by atoms with van der Waals surface area (Å²) in [4.78, 5) is 24.3. The van der Waals surface area contributed by atoms with Crippen molar-refractivity contribution in [2.45, 2.75) is 13.5 Å². The van der Waals surface area contributed by atoms with Crippen molar-refractivity contribution >= 4 is 17.4 Å². The van der Waals surface area contributed by atoms with Crippen molar-refractivity contribution in [2.75, 3.05) is 5.32 Å². The molecule has 3 rings (SSSR count). The van der Waals surface area contributed by atoms with Gasteiger partial charge >= 0.3 is 0 Å². The van der Waals surface area contributed by atoms with Gasteiger partial charge in [-0.3, -0.25) is 9.59 Å². The maximum absolute atomic E-state index is 12.0. The lowest BCUT2D eigenvalue weighted by Gasteiger charge is -2.04. The number of benzene rings is 1. The molecule has 0 spiro atoms. The highest BCUT2D eigenvalue weighted by molar-refractivity contribution is 5.95. The molecule has 0 atom stereocenters. The predicted octanol–water partition coefficient (Wildman–Crippen LogP) is 1.77. The molecule has 0 bridgehead atoms. The third-order valence-corrected chi connectivity index (χ3v) is 3.05. The Morgan fingerprint density at radius 2 is 2.00 bits per heavy atom. The molecule has 0 aliphatic rings. The van der Waals surface area contributed by atoms with Gasteiger partial charge in [0.05, 0.1) is 6.26 Å². The van der Waals surface area contributed by atoms with Gasteiger partial charge in [0.2, 0.25) is 11.7 Å². The average Bonchev–Trinajstić information content (AvgIpc) is 3.18. The molecule has 116 valence electrons. The predicted molar refractivity (Wildman–Crippen MR) is 80.6 cm³/mol. The molecule has 0 fully saturated rings. The number of nitrogens with zero attached hydrogens (tertiary/aromatic N) is 4. The first-order chi connectivity index (χ1) is 11.1. The van der Waals surface area contributed by atoms with Gasteiger partial charge in [-0.25, -0.2) is 0 Å². The molecule has 23 heavy (non-hydrogen) atoms. The number of furan rings is 1. The van der Waals surface area contributed by atoms with E-state index in [2.05, 4.69) is 20.7 Å². The first-order valence-electron chi connectivity index (χ1n) is 6.84. The summed E-state index contributed by atoms with van der Waals surface area (Å²) in [5, 5.41) is 14.4. The van der Waals surface area contributed by atoms with Crippen LogP contribution >= 0.6 is 0 Å². The SMILES string of the molecule is CC(=O)c1ccc(NC(=O)Cn2nnc(-c3ccco3)n2)cc1. The van der Waals surface area contributed by atoms with E-state index < -0.39 is 0 Å². The number of amides is 1. The summed E-state index contributed by atoms with van der Waals surface area (Å²) >= 11 is 0. The molecule has 0 aliphatic carbocycles. The van der Waals surface area contributed by atoms with Gasteiger partial charge in [-0.1, -0.05) is 0 Å². The summed E-state index contributed by atoms with van der Waals surface area (Å²) in [6.45, 7) is 1.41. The number of ketones is 1. The number of anilines is 1. The molecule has 0 radical (unpaired) electrons. The van der Waals surface area contributed by atoms with Crippen LogP contribution in [-0.4, -0.2) is 31.9 Å². The van der Waals surface area contributed by atoms with Gasteiger partial charge in [-0.05, 0) is 48.5 Å². The van der Waals surface area contributed by atoms with E-state index in [1.807, 2.05) is 0 Å². The van der Waals surface area contributed by atoms with Crippen molar-refractivity contribution < 1.29 is 14.0 Å². The van der Waals surface area contributed by atoms with Gasteiger partial charge in [0.15, 0.2) is 11.5 Å². The zero-order chi connectivity index (χ0) is 16.2. The fraction of sp³-hybridized carbons (Fsp3) is 0.133. The maximum Gasteiger partial charge on any atom is 0.248 e. The van der Waals surface area contributed by atoms with Gasteiger partial charge in [0, 0.05) is 11.3 Å². The van der Waals surface area contributed by atoms with E-state index in [-0.39, 0.29) is 18.2 Å². The second-order valence-electron chi connectivity index (χ2n) is 4.80. The first kappa shape index (κ1) is 14.6. The summed E-state index contributed by atoms with van der Waals surface area (Å²) in [6.07, 6.45) is 1.51. The highest BCUT2D eigenvalue weighted by Crippen LogP contribution is 2.13. The van der Waals surface area contributed by atoms with E-state index >= 15 is 0 Å². The standard InChI is InChI=1S/C15H13N5O3/c1-10(21)11-4-6-12(7-5-11)16-14(22)9-20-18-15(17-19-20)13-3-2-8-23-13/h2-8H,9H2,1H3,(H,16,22). The Morgan fingerprint density at radius 3 is 2.65 bits per heavy atom. The molecule has 1 amide bonds. The smallest absolute Gasteiger partial charge is 0.248 e. The molecule has 2 aromatic heterocycles. The zero-order valence-corrected chi connectivity index (χ0v) is 12.3. The molecule has 8 heteroatoms. The molecule has 0 saturated carbocycles. The molecule has 1 N–H and O–H groups in total. The van der Waals surface area contributed by atoms with Crippen molar-refractivity contribution in [3.8, 4) is 11.6 Å². The monoisotopic (exact) mass is 311 g/mol. The number of rotatable bonds is 5. The Bertz CT molecular complexity index is 821. The van der Waals surface area contributed by atoms with E-state index in [9.17, 15) is 9.59 Å². The fourth-order valence-corrected chi connectivity index (χ4v) is 1.93. The van der Waals surface area contributed by atoms with Crippen LogP contribution in [0.1, 0.15) is 17.3 Å². The van der Waals surface area contributed by atoms with Crippen LogP contribution in [0.25, 0.3) is 11.6 Å². The maximum atomic E-state index is 12.0. The third-order valence-electron chi connectivity index (χ3n) is 3.05. The minimum atomic E-state index is -0.302. The summed E-state index contributed by atoms with van der Waals surface area (Å²) in [6, 6.07) is 10.1. The largest absolute Gasteiger partial charge is 0.461 e. The second kappa shape index (κ2) is 6.22. The Kier molecular flexibility index (Phi) is 3.96. The minimum absolute atomic E-state index is 0.0276. The molecular formula is C15H13N5O3. The van der Waals surface area contributed by atoms with E-state index in [1.54, 1.807) is 36.4 Å². The number of tetrazole rings is 1. The van der Waals surface area contributed by atoms with E-state index in [4.69, 9.17) is 4.42 Å². The van der Waals surface area contributed by atoms with Gasteiger partial charge in [0.25, 0.3) is 0 Å². The van der Waals surface area contributed by atoms with Crippen LogP contribution in [0.4, 0.5) is 5.69 Å². The molecule has 0 aliphatic heterocycles. The van der Waals surface area contributed by atoms with Crippen LogP contribution in [0.2, 0.25) is 0 Å². The molecule has 0 unspecified atom stereocenters. The van der Waals surface area contributed by atoms with Crippen LogP contribution in [0.3, 0.4) is 0 Å². The Hall–Kier alpha value is -3.29. The van der Waals surface area contributed by atoms with Crippen LogP contribution in [0, 0.1) is 0 Å². The Morgan fingerprint density at radius 1 is 1.22 bits per heavy atom. The second-order valence-corrected chi connectivity index (χ2v) is 4.80. The molecule has 1 aromatic carbocycles. The quantitative estimate of drug-likeness (QED) is 0.720. The molecule has 0 saturated heterocycles. The number of nitrogens with one attached hydrogen (secondary N) is 1. The van der Waals surface area contributed by atoms with E-state index in [0.29, 0.717) is 22.8 Å². The van der Waals surface area contributed by atoms with Gasteiger partial charge < -0.3 is 9.73 Å². The van der Waals surface area contributed by atoms with Gasteiger partial charge in [-0.2, -0.15) is 4.80 Å². The summed E-state index contributed by atoms with van der Waals surface area (Å²) in [5.74, 6) is 0.467. The lowest BCUT2D eigenvalue weighted by atomic mass is 10.1. The molecule has 8 nitrogen and oxygen atoms in total. The zero-order valence-electron chi connectivity index (χ0n) is 12.3. The average molecular weight is 311 g/mol. The van der Waals surface area contributed by atoms with E-state index in [1.165, 1.54) is 18.0 Å². The van der Waals surface area contributed by atoms with Crippen LogP contribution in [0.5, 0.6) is 0 Å². The summed E-state index contributed by atoms with van der Waals surface area (Å²) in [7, 11) is 0. The van der Waals surface area contributed by atoms with Gasteiger partial charge in [0.1, 0.15) is 6.54 Å². The Labute approximate surface area is 131 Å². The summed E-state index contributed by atoms with van der Waals surface area (Å²) in [5.41, 5.74) is 1.18. The summed E-state index contributed by atoms with van der Waals surface area (Å²) < 4.78 is 5.16. The number of carbonyl (C=O) groups excluding carboxylic acids is 2. The normalized spacial score (nSPS) is 10.5. The highest BCUT2D eigenvalue weighted by Gasteiger charge is 2.11. The lowest BCUT2D eigenvalue weighted by Crippen LogP contribution is -2.20. The van der Waals surface area contributed by atoms with E-state index in [0.717, 1.165) is 0 Å². The number of hydrogen-bond donors (Lipinski definition) is 1. The minimum Gasteiger partial charge on any atom is -0.461 e. The van der Waals surface area contributed by atoms with Crippen molar-refractivity contribution in [2.24, 2.45) is 0 Å². The topological polar surface area (TPSA) is 103 Å². The molecule has 2 heterocycles. The van der Waals surface area contributed by atoms with Crippen molar-refractivity contribution in [3.63, 3.8) is 0 Å². The lowest BCUT2D eigenvalue weighted by molar-refractivity contribution is -0.117. The van der Waals surface area contributed by atoms with Crippen LogP contribution in [-0.2, 0) is 11.3 Å². The highest BCUT2D eigenvalue weighted by atomic mass is 16.3. The number of hydrogen-bond acceptors (Lipinski definition) is 6. The van der Waals surface area contributed by atoms with Crippen molar-refractivity contribution in [1.82, 2.24) is 20.2 Å². The van der Waals surface area contributed by atoms with Crippen LogP contribution in [0.15, 0.2) is 47.1 Å². The number of Topliss-reactive ketones (excluding diaryl/α,β-unsaturated/α-hetero) is 1.